The molecule has 2 heterocycles. The summed E-state index contributed by atoms with van der Waals surface area (Å²) in [5.41, 5.74) is 0.605. The van der Waals surface area contributed by atoms with Crippen LogP contribution < -0.4 is 5.32 Å². The average Bonchev–Trinajstić information content (AvgIpc) is 3.02. The van der Waals surface area contributed by atoms with Crippen molar-refractivity contribution in [3.8, 4) is 0 Å². The first kappa shape index (κ1) is 17.8. The number of ether oxygens (including phenoxy) is 1. The van der Waals surface area contributed by atoms with Crippen LogP contribution in [-0.4, -0.2) is 48.6 Å². The van der Waals surface area contributed by atoms with Gasteiger partial charge in [0, 0.05) is 19.6 Å². The maximum Gasteiger partial charge on any atom is 0.255 e. The van der Waals surface area contributed by atoms with Gasteiger partial charge in [0.1, 0.15) is 11.6 Å². The number of morpholine rings is 1. The molecule has 3 rings (SSSR count). The molecule has 1 N–H and O–H groups in total. The van der Waals surface area contributed by atoms with E-state index in [1.165, 1.54) is 24.6 Å². The molecule has 1 amide bonds. The molecular formula is C17H19ClFN3O3. The molecule has 0 spiro atoms. The summed E-state index contributed by atoms with van der Waals surface area (Å²) in [5.74, 6) is -0.524. The summed E-state index contributed by atoms with van der Waals surface area (Å²) in [5, 5.41) is 2.84. The zero-order chi connectivity index (χ0) is 17.8. The number of carbonyl (C=O) groups excluding carboxylic acids is 1. The minimum atomic E-state index is -0.649. The molecule has 0 bridgehead atoms. The fraction of sp³-hybridized carbons (Fsp3) is 0.412. The highest BCUT2D eigenvalue weighted by Gasteiger charge is 2.28. The molecule has 1 fully saturated rings. The Balaban J connectivity index is 1.76. The zero-order valence-corrected chi connectivity index (χ0v) is 14.6. The number of aromatic nitrogens is 1. The molecule has 8 heteroatoms. The molecule has 25 heavy (non-hydrogen) atoms. The Morgan fingerprint density at radius 3 is 2.84 bits per heavy atom. The van der Waals surface area contributed by atoms with Gasteiger partial charge in [-0.2, -0.15) is 0 Å². The summed E-state index contributed by atoms with van der Waals surface area (Å²) in [7, 11) is 0. The van der Waals surface area contributed by atoms with Crippen molar-refractivity contribution in [2.45, 2.75) is 13.0 Å². The molecule has 1 aliphatic heterocycles. The summed E-state index contributed by atoms with van der Waals surface area (Å²) in [6, 6.07) is 3.95. The topological polar surface area (TPSA) is 67.6 Å². The lowest BCUT2D eigenvalue weighted by atomic mass is 10.1. The summed E-state index contributed by atoms with van der Waals surface area (Å²) < 4.78 is 24.8. The normalized spacial score (nSPS) is 16.6. The summed E-state index contributed by atoms with van der Waals surface area (Å²) in [4.78, 5) is 18.7. The molecule has 1 aliphatic rings. The van der Waals surface area contributed by atoms with E-state index in [1.54, 1.807) is 0 Å². The van der Waals surface area contributed by atoms with Crippen molar-refractivity contribution >= 4 is 17.5 Å². The molecule has 1 aromatic carbocycles. The van der Waals surface area contributed by atoms with Crippen LogP contribution in [0.1, 0.15) is 27.9 Å². The van der Waals surface area contributed by atoms with Crippen molar-refractivity contribution in [3.63, 3.8) is 0 Å². The Kier molecular flexibility index (Phi) is 5.67. The summed E-state index contributed by atoms with van der Waals surface area (Å²) in [6.07, 6.45) is 1.38. The Labute approximate surface area is 149 Å². The van der Waals surface area contributed by atoms with Gasteiger partial charge in [-0.1, -0.05) is 17.7 Å². The van der Waals surface area contributed by atoms with Crippen molar-refractivity contribution < 1.29 is 18.3 Å². The van der Waals surface area contributed by atoms with Gasteiger partial charge >= 0.3 is 0 Å². The first-order valence-corrected chi connectivity index (χ1v) is 8.39. The first-order valence-electron chi connectivity index (χ1n) is 8.02. The van der Waals surface area contributed by atoms with Crippen molar-refractivity contribution in [1.82, 2.24) is 15.2 Å². The number of oxazole rings is 1. The highest BCUT2D eigenvalue weighted by Crippen LogP contribution is 2.24. The van der Waals surface area contributed by atoms with Gasteiger partial charge in [0.05, 0.1) is 35.5 Å². The van der Waals surface area contributed by atoms with Crippen LogP contribution >= 0.6 is 11.6 Å². The van der Waals surface area contributed by atoms with Crippen LogP contribution in [0.4, 0.5) is 4.39 Å². The maximum atomic E-state index is 13.9. The monoisotopic (exact) mass is 367 g/mol. The molecule has 0 radical (unpaired) electrons. The van der Waals surface area contributed by atoms with Crippen molar-refractivity contribution in [2.24, 2.45) is 0 Å². The molecule has 1 atom stereocenters. The number of hydrogen-bond acceptors (Lipinski definition) is 5. The maximum absolute atomic E-state index is 13.9. The second kappa shape index (κ2) is 7.95. The minimum Gasteiger partial charge on any atom is -0.446 e. The molecule has 1 saturated heterocycles. The summed E-state index contributed by atoms with van der Waals surface area (Å²) in [6.45, 7) is 4.73. The zero-order valence-electron chi connectivity index (χ0n) is 13.8. The van der Waals surface area contributed by atoms with E-state index in [-0.39, 0.29) is 23.2 Å². The lowest BCUT2D eigenvalue weighted by molar-refractivity contribution is 0.0116. The quantitative estimate of drug-likeness (QED) is 0.879. The minimum absolute atomic E-state index is 0.0799. The predicted octanol–water partition coefficient (Wildman–Crippen LogP) is 2.58. The standard InChI is InChI=1S/C17H19ClFN3O3/c1-11-16(25-10-21-11)14(22-5-7-24-8-6-22)9-20-17(23)15-12(18)3-2-4-13(15)19/h2-4,10,14H,5-9H2,1H3,(H,20,23). The second-order valence-corrected chi connectivity index (χ2v) is 6.18. The average molecular weight is 368 g/mol. The van der Waals surface area contributed by atoms with E-state index in [4.69, 9.17) is 20.8 Å². The Bertz CT molecular complexity index is 726. The molecule has 6 nitrogen and oxygen atoms in total. The highest BCUT2D eigenvalue weighted by molar-refractivity contribution is 6.33. The van der Waals surface area contributed by atoms with E-state index >= 15 is 0 Å². The molecule has 134 valence electrons. The van der Waals surface area contributed by atoms with Crippen LogP contribution in [0.5, 0.6) is 0 Å². The summed E-state index contributed by atoms with van der Waals surface area (Å²) >= 11 is 5.96. The van der Waals surface area contributed by atoms with E-state index in [9.17, 15) is 9.18 Å². The van der Waals surface area contributed by atoms with Crippen LogP contribution in [0.3, 0.4) is 0 Å². The predicted molar refractivity (Wildman–Crippen MR) is 90.1 cm³/mol. The molecule has 1 aromatic heterocycles. The molecule has 1 unspecified atom stereocenters. The van der Waals surface area contributed by atoms with E-state index in [0.717, 1.165) is 5.69 Å². The highest BCUT2D eigenvalue weighted by atomic mass is 35.5. The van der Waals surface area contributed by atoms with Crippen molar-refractivity contribution in [3.05, 3.63) is 52.5 Å². The fourth-order valence-corrected chi connectivity index (χ4v) is 3.15. The van der Waals surface area contributed by atoms with E-state index in [2.05, 4.69) is 15.2 Å². The number of nitrogens with one attached hydrogen (secondary N) is 1. The molecule has 0 saturated carbocycles. The lowest BCUT2D eigenvalue weighted by Crippen LogP contribution is -2.44. The number of benzene rings is 1. The van der Waals surface area contributed by atoms with Gasteiger partial charge < -0.3 is 14.5 Å². The lowest BCUT2D eigenvalue weighted by Gasteiger charge is -2.33. The Hall–Kier alpha value is -1.96. The van der Waals surface area contributed by atoms with Gasteiger partial charge in [0.15, 0.2) is 6.39 Å². The van der Waals surface area contributed by atoms with Crippen molar-refractivity contribution in [1.29, 1.82) is 0 Å². The van der Waals surface area contributed by atoms with Crippen LogP contribution in [0.2, 0.25) is 5.02 Å². The first-order chi connectivity index (χ1) is 12.1. The van der Waals surface area contributed by atoms with Gasteiger partial charge in [0.25, 0.3) is 5.91 Å². The van der Waals surface area contributed by atoms with E-state index in [0.29, 0.717) is 32.1 Å². The third kappa shape index (κ3) is 4.00. The number of rotatable bonds is 5. The number of amides is 1. The largest absolute Gasteiger partial charge is 0.446 e. The van der Waals surface area contributed by atoms with Crippen LogP contribution in [0.25, 0.3) is 0 Å². The van der Waals surface area contributed by atoms with Crippen LogP contribution in [0, 0.1) is 12.7 Å². The van der Waals surface area contributed by atoms with Crippen molar-refractivity contribution in [2.75, 3.05) is 32.8 Å². The van der Waals surface area contributed by atoms with Crippen LogP contribution in [0.15, 0.2) is 29.0 Å². The number of carbonyl (C=O) groups is 1. The third-order valence-electron chi connectivity index (χ3n) is 4.22. The molecule has 2 aromatic rings. The molecule has 0 aliphatic carbocycles. The SMILES string of the molecule is Cc1ncoc1C(CNC(=O)c1c(F)cccc1Cl)N1CCOCC1. The fourth-order valence-electron chi connectivity index (χ4n) is 2.90. The number of nitrogens with zero attached hydrogens (tertiary/aromatic N) is 2. The second-order valence-electron chi connectivity index (χ2n) is 5.77. The smallest absolute Gasteiger partial charge is 0.255 e. The Morgan fingerprint density at radius 1 is 1.44 bits per heavy atom. The van der Waals surface area contributed by atoms with Gasteiger partial charge in [-0.3, -0.25) is 9.69 Å². The number of aryl methyl sites for hydroxylation is 1. The van der Waals surface area contributed by atoms with E-state index < -0.39 is 11.7 Å². The van der Waals surface area contributed by atoms with Crippen LogP contribution in [-0.2, 0) is 4.74 Å². The van der Waals surface area contributed by atoms with Gasteiger partial charge in [-0.25, -0.2) is 9.37 Å². The van der Waals surface area contributed by atoms with Gasteiger partial charge in [-0.05, 0) is 19.1 Å². The van der Waals surface area contributed by atoms with E-state index in [1.807, 2.05) is 6.92 Å². The van der Waals surface area contributed by atoms with Gasteiger partial charge in [-0.15, -0.1) is 0 Å². The molecular weight excluding hydrogens is 349 g/mol. The number of hydrogen-bond donors (Lipinski definition) is 1. The Morgan fingerprint density at radius 2 is 2.20 bits per heavy atom. The van der Waals surface area contributed by atoms with Gasteiger partial charge in [0.2, 0.25) is 0 Å². The number of halogens is 2. The third-order valence-corrected chi connectivity index (χ3v) is 4.53.